The molecule has 1 aliphatic heterocycles. The summed E-state index contributed by atoms with van der Waals surface area (Å²) in [6.07, 6.45) is 1.23. The number of benzene rings is 2. The molecule has 0 amide bonds. The number of ether oxygens (including phenoxy) is 1. The summed E-state index contributed by atoms with van der Waals surface area (Å²) < 4.78 is 28.5. The fourth-order valence-corrected chi connectivity index (χ4v) is 3.65. The van der Waals surface area contributed by atoms with E-state index in [1.54, 1.807) is 12.1 Å². The Hall–Kier alpha value is -1.69. The summed E-state index contributed by atoms with van der Waals surface area (Å²) in [6.45, 7) is 5.76. The summed E-state index contributed by atoms with van der Waals surface area (Å²) in [5.74, 6) is 0. The minimum Gasteiger partial charge on any atom is -0.379 e. The van der Waals surface area contributed by atoms with Crippen molar-refractivity contribution in [1.82, 2.24) is 4.90 Å². The fourth-order valence-electron chi connectivity index (χ4n) is 3.02. The third-order valence-electron chi connectivity index (χ3n) is 4.60. The maximum Gasteiger partial charge on any atom is 0.175 e. The Balaban J connectivity index is 1.76. The van der Waals surface area contributed by atoms with Gasteiger partial charge in [0.2, 0.25) is 0 Å². The van der Waals surface area contributed by atoms with Gasteiger partial charge in [0.05, 0.1) is 18.1 Å². The molecule has 1 atom stereocenters. The van der Waals surface area contributed by atoms with Crippen LogP contribution in [0.3, 0.4) is 0 Å². The van der Waals surface area contributed by atoms with E-state index in [9.17, 15) is 8.42 Å². The van der Waals surface area contributed by atoms with Gasteiger partial charge in [-0.15, -0.1) is 0 Å². The molecule has 1 saturated heterocycles. The maximum atomic E-state index is 11.5. The predicted octanol–water partition coefficient (Wildman–Crippen LogP) is 3.15. The summed E-state index contributed by atoms with van der Waals surface area (Å²) >= 11 is 0. The highest BCUT2D eigenvalue weighted by Gasteiger charge is 2.18. The summed E-state index contributed by atoms with van der Waals surface area (Å²) in [7, 11) is -3.15. The van der Waals surface area contributed by atoms with Crippen molar-refractivity contribution < 1.29 is 13.2 Å². The molecule has 1 aliphatic rings. The number of hydrogen-bond acceptors (Lipinski definition) is 4. The zero-order chi connectivity index (χ0) is 17.2. The van der Waals surface area contributed by atoms with Gasteiger partial charge >= 0.3 is 0 Å². The van der Waals surface area contributed by atoms with Crippen molar-refractivity contribution in [2.24, 2.45) is 0 Å². The lowest BCUT2D eigenvalue weighted by Crippen LogP contribution is -2.37. The lowest BCUT2D eigenvalue weighted by Gasteiger charge is -2.32. The van der Waals surface area contributed by atoms with Crippen molar-refractivity contribution in [3.63, 3.8) is 0 Å². The van der Waals surface area contributed by atoms with Gasteiger partial charge in [0.1, 0.15) is 0 Å². The highest BCUT2D eigenvalue weighted by Crippen LogP contribution is 2.26. The van der Waals surface area contributed by atoms with Gasteiger partial charge in [-0.2, -0.15) is 0 Å². The molecule has 3 rings (SSSR count). The molecule has 5 heteroatoms. The van der Waals surface area contributed by atoms with Gasteiger partial charge in [-0.25, -0.2) is 8.42 Å². The second-order valence-corrected chi connectivity index (χ2v) is 8.26. The number of hydrogen-bond donors (Lipinski definition) is 0. The topological polar surface area (TPSA) is 46.6 Å². The predicted molar refractivity (Wildman–Crippen MR) is 95.8 cm³/mol. The molecule has 0 aliphatic carbocycles. The minimum absolute atomic E-state index is 0.351. The third kappa shape index (κ3) is 3.86. The maximum absolute atomic E-state index is 11.5. The van der Waals surface area contributed by atoms with Gasteiger partial charge < -0.3 is 4.74 Å². The van der Waals surface area contributed by atoms with E-state index in [2.05, 4.69) is 36.1 Å². The van der Waals surface area contributed by atoms with E-state index in [0.717, 1.165) is 37.4 Å². The Morgan fingerprint density at radius 1 is 0.917 bits per heavy atom. The molecule has 0 saturated carbocycles. The SMILES string of the molecule is C[C@H](c1ccc(-c2ccc(S(C)(=O)=O)cc2)cc1)N1CCOCC1. The number of morpholine rings is 1. The second-order valence-electron chi connectivity index (χ2n) is 6.24. The van der Waals surface area contributed by atoms with Crippen molar-refractivity contribution >= 4 is 9.84 Å². The zero-order valence-corrected chi connectivity index (χ0v) is 14.9. The summed E-state index contributed by atoms with van der Waals surface area (Å²) in [6, 6.07) is 15.9. The molecule has 0 radical (unpaired) electrons. The zero-order valence-electron chi connectivity index (χ0n) is 14.1. The Morgan fingerprint density at radius 3 is 1.92 bits per heavy atom. The summed E-state index contributed by atoms with van der Waals surface area (Å²) in [4.78, 5) is 2.78. The van der Waals surface area contributed by atoms with E-state index < -0.39 is 9.84 Å². The number of sulfone groups is 1. The first kappa shape index (κ1) is 17.1. The van der Waals surface area contributed by atoms with E-state index in [0.29, 0.717) is 10.9 Å². The van der Waals surface area contributed by atoms with Crippen LogP contribution in [0.5, 0.6) is 0 Å². The minimum atomic E-state index is -3.15. The van der Waals surface area contributed by atoms with Crippen LogP contribution in [0.25, 0.3) is 11.1 Å². The lowest BCUT2D eigenvalue weighted by molar-refractivity contribution is 0.0198. The highest BCUT2D eigenvalue weighted by atomic mass is 32.2. The lowest BCUT2D eigenvalue weighted by atomic mass is 10.0. The van der Waals surface area contributed by atoms with E-state index in [1.807, 2.05) is 12.1 Å². The van der Waals surface area contributed by atoms with Crippen LogP contribution in [-0.2, 0) is 14.6 Å². The largest absolute Gasteiger partial charge is 0.379 e. The first-order valence-electron chi connectivity index (χ1n) is 8.17. The third-order valence-corrected chi connectivity index (χ3v) is 5.73. The van der Waals surface area contributed by atoms with Crippen LogP contribution in [0.2, 0.25) is 0 Å². The average molecular weight is 345 g/mol. The molecule has 1 heterocycles. The van der Waals surface area contributed by atoms with Crippen LogP contribution in [0.1, 0.15) is 18.5 Å². The molecule has 24 heavy (non-hydrogen) atoms. The van der Waals surface area contributed by atoms with Gasteiger partial charge in [0, 0.05) is 25.4 Å². The standard InChI is InChI=1S/C19H23NO3S/c1-15(20-11-13-23-14-12-20)16-3-5-17(6-4-16)18-7-9-19(10-8-18)24(2,21)22/h3-10,15H,11-14H2,1-2H3/t15-/m1/s1. The van der Waals surface area contributed by atoms with Gasteiger partial charge in [0.25, 0.3) is 0 Å². The average Bonchev–Trinajstić information content (AvgIpc) is 2.61. The van der Waals surface area contributed by atoms with Crippen LogP contribution in [0.4, 0.5) is 0 Å². The van der Waals surface area contributed by atoms with Gasteiger partial charge in [0.15, 0.2) is 9.84 Å². The van der Waals surface area contributed by atoms with Gasteiger partial charge in [-0.05, 0) is 35.7 Å². The van der Waals surface area contributed by atoms with Gasteiger partial charge in [-0.3, -0.25) is 4.90 Å². The van der Waals surface area contributed by atoms with Crippen molar-refractivity contribution in [3.8, 4) is 11.1 Å². The van der Waals surface area contributed by atoms with Crippen molar-refractivity contribution in [1.29, 1.82) is 0 Å². The highest BCUT2D eigenvalue weighted by molar-refractivity contribution is 7.90. The van der Waals surface area contributed by atoms with Crippen LogP contribution < -0.4 is 0 Å². The first-order chi connectivity index (χ1) is 11.4. The normalized spacial score (nSPS) is 17.6. The molecular formula is C19H23NO3S. The van der Waals surface area contributed by atoms with E-state index >= 15 is 0 Å². The fraction of sp³-hybridized carbons (Fsp3) is 0.368. The van der Waals surface area contributed by atoms with E-state index in [-0.39, 0.29) is 0 Å². The van der Waals surface area contributed by atoms with Crippen LogP contribution in [0, 0.1) is 0 Å². The summed E-state index contributed by atoms with van der Waals surface area (Å²) in [5, 5.41) is 0. The van der Waals surface area contributed by atoms with Crippen molar-refractivity contribution in [3.05, 3.63) is 54.1 Å². The molecule has 0 bridgehead atoms. The Morgan fingerprint density at radius 2 is 1.42 bits per heavy atom. The molecule has 2 aromatic carbocycles. The molecule has 0 unspecified atom stereocenters. The van der Waals surface area contributed by atoms with Crippen LogP contribution >= 0.6 is 0 Å². The number of nitrogens with zero attached hydrogens (tertiary/aromatic N) is 1. The summed E-state index contributed by atoms with van der Waals surface area (Å²) in [5.41, 5.74) is 3.40. The van der Waals surface area contributed by atoms with Crippen molar-refractivity contribution in [2.45, 2.75) is 17.9 Å². The molecule has 4 nitrogen and oxygen atoms in total. The first-order valence-corrected chi connectivity index (χ1v) is 10.1. The smallest absolute Gasteiger partial charge is 0.175 e. The molecule has 1 fully saturated rings. The molecule has 0 spiro atoms. The second kappa shape index (κ2) is 7.05. The number of rotatable bonds is 4. The molecular weight excluding hydrogens is 322 g/mol. The van der Waals surface area contributed by atoms with Gasteiger partial charge in [-0.1, -0.05) is 36.4 Å². The Kier molecular flexibility index (Phi) is 5.04. The molecule has 128 valence electrons. The van der Waals surface area contributed by atoms with Crippen LogP contribution in [0.15, 0.2) is 53.4 Å². The Labute approximate surface area is 144 Å². The molecule has 2 aromatic rings. The Bertz CT molecular complexity index is 776. The monoisotopic (exact) mass is 345 g/mol. The van der Waals surface area contributed by atoms with E-state index in [4.69, 9.17) is 4.74 Å². The van der Waals surface area contributed by atoms with Crippen LogP contribution in [-0.4, -0.2) is 45.9 Å². The molecule has 0 N–H and O–H groups in total. The van der Waals surface area contributed by atoms with E-state index in [1.165, 1.54) is 11.8 Å². The quantitative estimate of drug-likeness (QED) is 0.854. The van der Waals surface area contributed by atoms with Crippen molar-refractivity contribution in [2.75, 3.05) is 32.6 Å². The molecule has 0 aromatic heterocycles.